The molecule has 1 amide bonds. The molecule has 1 saturated heterocycles. The van der Waals surface area contributed by atoms with Gasteiger partial charge in [-0.1, -0.05) is 29.5 Å². The second-order valence-corrected chi connectivity index (χ2v) is 8.40. The van der Waals surface area contributed by atoms with Gasteiger partial charge >= 0.3 is 0 Å². The van der Waals surface area contributed by atoms with Crippen LogP contribution in [0.15, 0.2) is 47.6 Å². The Morgan fingerprint density at radius 1 is 1.06 bits per heavy atom. The average Bonchev–Trinajstić information content (AvgIpc) is 3.45. The van der Waals surface area contributed by atoms with Crippen molar-refractivity contribution in [3.05, 3.63) is 48.0 Å². The second-order valence-electron chi connectivity index (χ2n) is 7.46. The lowest BCUT2D eigenvalue weighted by Gasteiger charge is -2.27. The number of carbonyl (C=O) groups is 1. The largest absolute Gasteiger partial charge is 0.454 e. The minimum atomic E-state index is -0.139. The van der Waals surface area contributed by atoms with Gasteiger partial charge in [0.05, 0.1) is 24.7 Å². The van der Waals surface area contributed by atoms with Gasteiger partial charge in [0.1, 0.15) is 0 Å². The Hall–Kier alpha value is -3.24. The summed E-state index contributed by atoms with van der Waals surface area (Å²) in [6.07, 6.45) is 0. The summed E-state index contributed by atoms with van der Waals surface area (Å²) < 4.78 is 18.2. The first kappa shape index (κ1) is 20.7. The molecule has 0 unspecified atom stereocenters. The molecule has 2 aromatic carbocycles. The maximum Gasteiger partial charge on any atom is 0.234 e. The number of anilines is 2. The number of amides is 1. The lowest BCUT2D eigenvalue weighted by atomic mass is 10.2. The van der Waals surface area contributed by atoms with Crippen molar-refractivity contribution < 1.29 is 19.0 Å². The topological polar surface area (TPSA) is 90.7 Å². The summed E-state index contributed by atoms with van der Waals surface area (Å²) in [5, 5.41) is 12.4. The van der Waals surface area contributed by atoms with E-state index in [1.54, 1.807) is 18.2 Å². The summed E-state index contributed by atoms with van der Waals surface area (Å²) in [5.74, 6) is 2.13. The van der Waals surface area contributed by atoms with Crippen molar-refractivity contribution in [2.75, 3.05) is 49.1 Å². The van der Waals surface area contributed by atoms with Crippen molar-refractivity contribution in [1.82, 2.24) is 14.8 Å². The molecule has 3 heterocycles. The molecular formula is C22H23N5O4S. The number of fused-ring (bicyclic) bond motifs is 1. The zero-order valence-electron chi connectivity index (χ0n) is 17.6. The number of morpholine rings is 1. The Kier molecular flexibility index (Phi) is 5.87. The molecule has 5 rings (SSSR count). The van der Waals surface area contributed by atoms with Crippen LogP contribution in [0.1, 0.15) is 5.56 Å². The lowest BCUT2D eigenvalue weighted by Crippen LogP contribution is -2.37. The van der Waals surface area contributed by atoms with Gasteiger partial charge in [0, 0.05) is 24.8 Å². The fourth-order valence-corrected chi connectivity index (χ4v) is 4.29. The molecule has 2 aliphatic heterocycles. The third kappa shape index (κ3) is 4.37. The molecule has 0 bridgehead atoms. The van der Waals surface area contributed by atoms with E-state index >= 15 is 0 Å². The molecule has 1 aromatic heterocycles. The number of carbonyl (C=O) groups excluding carboxylic acids is 1. The molecule has 3 aromatic rings. The molecule has 1 N–H and O–H groups in total. The van der Waals surface area contributed by atoms with E-state index in [0.717, 1.165) is 24.7 Å². The Balaban J connectivity index is 1.33. The van der Waals surface area contributed by atoms with Crippen molar-refractivity contribution in [2.45, 2.75) is 12.1 Å². The van der Waals surface area contributed by atoms with Crippen LogP contribution in [0, 0.1) is 6.92 Å². The highest BCUT2D eigenvalue weighted by Gasteiger charge is 2.22. The number of ether oxygens (including phenoxy) is 3. The molecule has 0 atom stereocenters. The van der Waals surface area contributed by atoms with Crippen molar-refractivity contribution in [1.29, 1.82) is 0 Å². The summed E-state index contributed by atoms with van der Waals surface area (Å²) in [6.45, 7) is 5.05. The van der Waals surface area contributed by atoms with Gasteiger partial charge in [0.25, 0.3) is 0 Å². The lowest BCUT2D eigenvalue weighted by molar-refractivity contribution is -0.113. The molecule has 0 spiro atoms. The van der Waals surface area contributed by atoms with E-state index in [9.17, 15) is 4.79 Å². The number of hydrogen-bond donors (Lipinski definition) is 1. The van der Waals surface area contributed by atoms with E-state index in [-0.39, 0.29) is 18.5 Å². The maximum absolute atomic E-state index is 12.6. The van der Waals surface area contributed by atoms with Crippen molar-refractivity contribution in [2.24, 2.45) is 0 Å². The van der Waals surface area contributed by atoms with Crippen molar-refractivity contribution >= 4 is 29.3 Å². The highest BCUT2D eigenvalue weighted by molar-refractivity contribution is 7.99. The van der Waals surface area contributed by atoms with E-state index in [0.29, 0.717) is 35.6 Å². The molecule has 1 fully saturated rings. The number of rotatable bonds is 6. The fourth-order valence-electron chi connectivity index (χ4n) is 3.55. The summed E-state index contributed by atoms with van der Waals surface area (Å²) in [7, 11) is 0. The Morgan fingerprint density at radius 3 is 2.66 bits per heavy atom. The van der Waals surface area contributed by atoms with E-state index < -0.39 is 0 Å². The van der Waals surface area contributed by atoms with Gasteiger partial charge in [-0.05, 0) is 31.2 Å². The number of thioether (sulfide) groups is 1. The first-order chi connectivity index (χ1) is 15.7. The maximum atomic E-state index is 12.6. The summed E-state index contributed by atoms with van der Waals surface area (Å²) in [6, 6.07) is 13.5. The predicted molar refractivity (Wildman–Crippen MR) is 121 cm³/mol. The van der Waals surface area contributed by atoms with Crippen LogP contribution in [0.5, 0.6) is 11.5 Å². The van der Waals surface area contributed by atoms with Crippen molar-refractivity contribution in [3.63, 3.8) is 0 Å². The van der Waals surface area contributed by atoms with Crippen LogP contribution < -0.4 is 19.7 Å². The SMILES string of the molecule is Cc1ccc(-n2c(SCC(=O)Nc3ccc4c(c3)OCO4)nnc2N2CCOCC2)cc1. The van der Waals surface area contributed by atoms with Crippen molar-refractivity contribution in [3.8, 4) is 17.2 Å². The fraction of sp³-hybridized carbons (Fsp3) is 0.318. The zero-order chi connectivity index (χ0) is 21.9. The number of nitrogens with zero attached hydrogens (tertiary/aromatic N) is 4. The Labute approximate surface area is 189 Å². The highest BCUT2D eigenvalue weighted by Crippen LogP contribution is 2.34. The van der Waals surface area contributed by atoms with Crippen LogP contribution in [0.2, 0.25) is 0 Å². The normalized spacial score (nSPS) is 15.1. The number of aromatic nitrogens is 3. The van der Waals surface area contributed by atoms with Gasteiger partial charge in [-0.3, -0.25) is 9.36 Å². The molecule has 0 saturated carbocycles. The van der Waals surface area contributed by atoms with Gasteiger partial charge < -0.3 is 24.4 Å². The molecule has 0 aliphatic carbocycles. The smallest absolute Gasteiger partial charge is 0.234 e. The van der Waals surface area contributed by atoms with E-state index in [1.165, 1.54) is 17.3 Å². The molecule has 9 nitrogen and oxygen atoms in total. The molecule has 10 heteroatoms. The van der Waals surface area contributed by atoms with Crippen LogP contribution in [-0.4, -0.2) is 59.5 Å². The summed E-state index contributed by atoms with van der Waals surface area (Å²) >= 11 is 1.35. The van der Waals surface area contributed by atoms with E-state index in [4.69, 9.17) is 14.2 Å². The van der Waals surface area contributed by atoms with Crippen LogP contribution in [-0.2, 0) is 9.53 Å². The third-order valence-electron chi connectivity index (χ3n) is 5.19. The van der Waals surface area contributed by atoms with E-state index in [2.05, 4.69) is 39.5 Å². The van der Waals surface area contributed by atoms with Gasteiger partial charge in [-0.2, -0.15) is 0 Å². The van der Waals surface area contributed by atoms with Crippen LogP contribution in [0.3, 0.4) is 0 Å². The monoisotopic (exact) mass is 453 g/mol. The number of nitrogens with one attached hydrogen (secondary N) is 1. The minimum Gasteiger partial charge on any atom is -0.454 e. The number of benzene rings is 2. The van der Waals surface area contributed by atoms with Crippen LogP contribution >= 0.6 is 11.8 Å². The molecule has 32 heavy (non-hydrogen) atoms. The molecule has 0 radical (unpaired) electrons. The van der Waals surface area contributed by atoms with Gasteiger partial charge in [-0.15, -0.1) is 10.2 Å². The summed E-state index contributed by atoms with van der Waals surface area (Å²) in [4.78, 5) is 14.8. The highest BCUT2D eigenvalue weighted by atomic mass is 32.2. The third-order valence-corrected chi connectivity index (χ3v) is 6.12. The molecule has 166 valence electrons. The predicted octanol–water partition coefficient (Wildman–Crippen LogP) is 2.87. The first-order valence-electron chi connectivity index (χ1n) is 10.3. The standard InChI is InChI=1S/C22H23N5O4S/c1-15-2-5-17(6-3-15)27-21(26-8-10-29-11-9-26)24-25-22(27)32-13-20(28)23-16-4-7-18-19(12-16)31-14-30-18/h2-7,12H,8-11,13-14H2,1H3,(H,23,28). The minimum absolute atomic E-state index is 0.139. The van der Waals surface area contributed by atoms with Gasteiger partial charge in [0.2, 0.25) is 18.6 Å². The molecular weight excluding hydrogens is 430 g/mol. The van der Waals surface area contributed by atoms with Crippen LogP contribution in [0.4, 0.5) is 11.6 Å². The van der Waals surface area contributed by atoms with Crippen LogP contribution in [0.25, 0.3) is 5.69 Å². The number of aryl methyl sites for hydroxylation is 1. The Bertz CT molecular complexity index is 1110. The Morgan fingerprint density at radius 2 is 1.84 bits per heavy atom. The average molecular weight is 454 g/mol. The first-order valence-corrected chi connectivity index (χ1v) is 11.3. The zero-order valence-corrected chi connectivity index (χ0v) is 18.4. The van der Waals surface area contributed by atoms with Gasteiger partial charge in [-0.25, -0.2) is 0 Å². The van der Waals surface area contributed by atoms with Gasteiger partial charge in [0.15, 0.2) is 16.7 Å². The second kappa shape index (κ2) is 9.09. The molecule has 2 aliphatic rings. The quantitative estimate of drug-likeness (QED) is 0.570. The summed E-state index contributed by atoms with van der Waals surface area (Å²) in [5.41, 5.74) is 2.79. The van der Waals surface area contributed by atoms with E-state index in [1.807, 2.05) is 16.7 Å². The number of hydrogen-bond acceptors (Lipinski definition) is 8.